The van der Waals surface area contributed by atoms with Gasteiger partial charge < -0.3 is 20.1 Å². The zero-order valence-corrected chi connectivity index (χ0v) is 17.3. The SMILES string of the molecule is CCc1ccccc1NC(=O)[C@@H]1CC(=O)NC(=Nc2cc(OC)ccc2OC)S1. The fourth-order valence-corrected chi connectivity index (χ4v) is 3.90. The van der Waals surface area contributed by atoms with Gasteiger partial charge in [0.05, 0.1) is 14.2 Å². The molecule has 0 saturated carbocycles. The third kappa shape index (κ3) is 5.08. The minimum atomic E-state index is -0.580. The van der Waals surface area contributed by atoms with Crippen molar-refractivity contribution >= 4 is 40.1 Å². The van der Waals surface area contributed by atoms with Gasteiger partial charge in [0.1, 0.15) is 22.4 Å². The molecule has 1 heterocycles. The Labute approximate surface area is 173 Å². The molecule has 0 spiro atoms. The molecule has 8 heteroatoms. The van der Waals surface area contributed by atoms with Gasteiger partial charge in [-0.2, -0.15) is 0 Å². The number of para-hydroxylation sites is 1. The summed E-state index contributed by atoms with van der Waals surface area (Å²) in [6.45, 7) is 2.03. The normalized spacial score (nSPS) is 17.6. The Morgan fingerprint density at radius 2 is 2.03 bits per heavy atom. The Hall–Kier alpha value is -3.00. The van der Waals surface area contributed by atoms with Crippen molar-refractivity contribution in [1.82, 2.24) is 5.32 Å². The molecule has 7 nitrogen and oxygen atoms in total. The smallest absolute Gasteiger partial charge is 0.238 e. The van der Waals surface area contributed by atoms with Crippen LogP contribution in [0.4, 0.5) is 11.4 Å². The molecule has 2 aromatic carbocycles. The van der Waals surface area contributed by atoms with Crippen molar-refractivity contribution in [3.63, 3.8) is 0 Å². The van der Waals surface area contributed by atoms with E-state index >= 15 is 0 Å². The average Bonchev–Trinajstić information content (AvgIpc) is 2.73. The molecule has 29 heavy (non-hydrogen) atoms. The van der Waals surface area contributed by atoms with E-state index in [9.17, 15) is 9.59 Å². The lowest BCUT2D eigenvalue weighted by molar-refractivity contribution is -0.123. The molecule has 0 bridgehead atoms. The molecule has 2 N–H and O–H groups in total. The molecule has 0 aliphatic carbocycles. The van der Waals surface area contributed by atoms with E-state index in [0.29, 0.717) is 22.4 Å². The van der Waals surface area contributed by atoms with Gasteiger partial charge in [0.2, 0.25) is 11.8 Å². The van der Waals surface area contributed by atoms with Gasteiger partial charge in [-0.1, -0.05) is 36.9 Å². The number of methoxy groups -OCH3 is 2. The third-order valence-corrected chi connectivity index (χ3v) is 5.51. The van der Waals surface area contributed by atoms with Gasteiger partial charge in [0, 0.05) is 18.2 Å². The summed E-state index contributed by atoms with van der Waals surface area (Å²) in [7, 11) is 3.10. The van der Waals surface area contributed by atoms with Crippen molar-refractivity contribution in [3.8, 4) is 11.5 Å². The number of carbonyl (C=O) groups excluding carboxylic acids is 2. The molecule has 2 amide bonds. The highest BCUT2D eigenvalue weighted by atomic mass is 32.2. The summed E-state index contributed by atoms with van der Waals surface area (Å²) in [5.74, 6) is 0.670. The molecule has 152 valence electrons. The zero-order valence-electron chi connectivity index (χ0n) is 16.5. The predicted octanol–water partition coefficient (Wildman–Crippen LogP) is 3.51. The van der Waals surface area contributed by atoms with Crippen molar-refractivity contribution in [2.45, 2.75) is 25.0 Å². The van der Waals surface area contributed by atoms with E-state index in [-0.39, 0.29) is 18.2 Å². The largest absolute Gasteiger partial charge is 0.497 e. The fourth-order valence-electron chi connectivity index (χ4n) is 2.90. The van der Waals surface area contributed by atoms with Crippen molar-refractivity contribution < 1.29 is 19.1 Å². The van der Waals surface area contributed by atoms with Crippen molar-refractivity contribution in [2.75, 3.05) is 19.5 Å². The second-order valence-corrected chi connectivity index (χ2v) is 7.50. The van der Waals surface area contributed by atoms with Crippen molar-refractivity contribution in [3.05, 3.63) is 48.0 Å². The first-order valence-corrected chi connectivity index (χ1v) is 10.1. The molecule has 0 radical (unpaired) electrons. The topological polar surface area (TPSA) is 89.0 Å². The van der Waals surface area contributed by atoms with Gasteiger partial charge in [-0.15, -0.1) is 0 Å². The van der Waals surface area contributed by atoms with E-state index in [1.807, 2.05) is 31.2 Å². The first-order chi connectivity index (χ1) is 14.0. The standard InChI is InChI=1S/C21H23N3O4S/c1-4-13-7-5-6-8-15(13)22-20(26)18-12-19(25)24-21(29-18)23-16-11-14(27-2)9-10-17(16)28-3/h5-11,18H,4,12H2,1-3H3,(H,22,26)(H,23,24,25)/t18-/m0/s1. The second kappa shape index (κ2) is 9.47. The quantitative estimate of drug-likeness (QED) is 0.756. The minimum absolute atomic E-state index is 0.0824. The van der Waals surface area contributed by atoms with Crippen LogP contribution in [0.1, 0.15) is 18.9 Å². The summed E-state index contributed by atoms with van der Waals surface area (Å²) in [6, 6.07) is 12.8. The van der Waals surface area contributed by atoms with Crippen LogP contribution < -0.4 is 20.1 Å². The summed E-state index contributed by atoms with van der Waals surface area (Å²) >= 11 is 1.21. The highest BCUT2D eigenvalue weighted by Gasteiger charge is 2.30. The molecule has 3 rings (SSSR count). The van der Waals surface area contributed by atoms with Gasteiger partial charge in [-0.25, -0.2) is 4.99 Å². The molecular weight excluding hydrogens is 390 g/mol. The number of nitrogens with zero attached hydrogens (tertiary/aromatic N) is 1. The van der Waals surface area contributed by atoms with E-state index in [4.69, 9.17) is 9.47 Å². The van der Waals surface area contributed by atoms with Crippen LogP contribution in [0, 0.1) is 0 Å². The molecule has 1 aliphatic heterocycles. The number of hydrogen-bond donors (Lipinski definition) is 2. The van der Waals surface area contributed by atoms with Crippen LogP contribution in [-0.4, -0.2) is 36.5 Å². The Morgan fingerprint density at radius 3 is 2.76 bits per heavy atom. The lowest BCUT2D eigenvalue weighted by atomic mass is 10.1. The van der Waals surface area contributed by atoms with Gasteiger partial charge in [-0.3, -0.25) is 9.59 Å². The van der Waals surface area contributed by atoms with E-state index < -0.39 is 5.25 Å². The number of aliphatic imine (C=N–C) groups is 1. The first-order valence-electron chi connectivity index (χ1n) is 9.20. The zero-order chi connectivity index (χ0) is 20.8. The van der Waals surface area contributed by atoms with E-state index in [1.54, 1.807) is 32.4 Å². The molecule has 0 aromatic heterocycles. The number of aryl methyl sites for hydroxylation is 1. The number of amidine groups is 1. The van der Waals surface area contributed by atoms with Gasteiger partial charge in [-0.05, 0) is 30.2 Å². The van der Waals surface area contributed by atoms with Crippen LogP contribution in [0.15, 0.2) is 47.5 Å². The number of ether oxygens (including phenoxy) is 2. The molecule has 0 unspecified atom stereocenters. The number of benzene rings is 2. The first kappa shape index (κ1) is 20.7. The Bertz CT molecular complexity index is 945. The maximum Gasteiger partial charge on any atom is 0.238 e. The molecule has 1 fully saturated rings. The average molecular weight is 413 g/mol. The molecule has 2 aromatic rings. The Morgan fingerprint density at radius 1 is 1.24 bits per heavy atom. The summed E-state index contributed by atoms with van der Waals surface area (Å²) in [6.07, 6.45) is 0.885. The maximum atomic E-state index is 12.8. The van der Waals surface area contributed by atoms with E-state index in [0.717, 1.165) is 17.7 Å². The molecular formula is C21H23N3O4S. The predicted molar refractivity (Wildman–Crippen MR) is 115 cm³/mol. The Balaban J connectivity index is 1.81. The summed E-state index contributed by atoms with van der Waals surface area (Å²) < 4.78 is 10.6. The number of hydrogen-bond acceptors (Lipinski definition) is 6. The van der Waals surface area contributed by atoms with Crippen LogP contribution in [-0.2, 0) is 16.0 Å². The number of nitrogens with one attached hydrogen (secondary N) is 2. The number of amides is 2. The monoisotopic (exact) mass is 413 g/mol. The second-order valence-electron chi connectivity index (χ2n) is 6.31. The highest BCUT2D eigenvalue weighted by Crippen LogP contribution is 2.33. The van der Waals surface area contributed by atoms with Crippen LogP contribution in [0.2, 0.25) is 0 Å². The number of rotatable bonds is 6. The van der Waals surface area contributed by atoms with Crippen LogP contribution in [0.3, 0.4) is 0 Å². The molecule has 1 saturated heterocycles. The number of anilines is 1. The minimum Gasteiger partial charge on any atom is -0.497 e. The Kier molecular flexibility index (Phi) is 6.77. The van der Waals surface area contributed by atoms with Gasteiger partial charge in [0.15, 0.2) is 5.17 Å². The third-order valence-electron chi connectivity index (χ3n) is 4.43. The summed E-state index contributed by atoms with van der Waals surface area (Å²) in [4.78, 5) is 29.5. The molecule has 1 atom stereocenters. The lowest BCUT2D eigenvalue weighted by Crippen LogP contribution is -2.42. The summed E-state index contributed by atoms with van der Waals surface area (Å²) in [5.41, 5.74) is 2.31. The number of thioether (sulfide) groups is 1. The van der Waals surface area contributed by atoms with Crippen molar-refractivity contribution in [2.24, 2.45) is 4.99 Å². The van der Waals surface area contributed by atoms with Crippen LogP contribution in [0.25, 0.3) is 0 Å². The van der Waals surface area contributed by atoms with Crippen LogP contribution >= 0.6 is 11.8 Å². The van der Waals surface area contributed by atoms with Gasteiger partial charge >= 0.3 is 0 Å². The fraction of sp³-hybridized carbons (Fsp3) is 0.286. The van der Waals surface area contributed by atoms with Gasteiger partial charge in [0.25, 0.3) is 0 Å². The van der Waals surface area contributed by atoms with Crippen LogP contribution in [0.5, 0.6) is 11.5 Å². The van der Waals surface area contributed by atoms with E-state index in [2.05, 4.69) is 15.6 Å². The lowest BCUT2D eigenvalue weighted by Gasteiger charge is -2.23. The summed E-state index contributed by atoms with van der Waals surface area (Å²) in [5, 5.41) is 5.42. The highest BCUT2D eigenvalue weighted by molar-refractivity contribution is 8.15. The molecule has 1 aliphatic rings. The maximum absolute atomic E-state index is 12.8. The van der Waals surface area contributed by atoms with Crippen molar-refractivity contribution in [1.29, 1.82) is 0 Å². The van der Waals surface area contributed by atoms with E-state index in [1.165, 1.54) is 11.8 Å². The number of carbonyl (C=O) groups is 2.